The first-order valence-corrected chi connectivity index (χ1v) is 3.80. The molecule has 12 heavy (non-hydrogen) atoms. The SMILES string of the molecule is CCNc1ccccc1[N+](N)=O. The predicted octanol–water partition coefficient (Wildman–Crippen LogP) is 1.40. The van der Waals surface area contributed by atoms with Crippen LogP contribution in [0.4, 0.5) is 11.4 Å². The molecule has 0 radical (unpaired) electrons. The van der Waals surface area contributed by atoms with Gasteiger partial charge in [0.05, 0.1) is 4.91 Å². The van der Waals surface area contributed by atoms with Crippen LogP contribution in [0.5, 0.6) is 0 Å². The van der Waals surface area contributed by atoms with Gasteiger partial charge in [0, 0.05) is 12.6 Å². The summed E-state index contributed by atoms with van der Waals surface area (Å²) in [6.07, 6.45) is 0. The summed E-state index contributed by atoms with van der Waals surface area (Å²) in [5, 5.41) is 3.04. The predicted molar refractivity (Wildman–Crippen MR) is 48.1 cm³/mol. The van der Waals surface area contributed by atoms with Crippen molar-refractivity contribution in [1.82, 2.24) is 0 Å². The fraction of sp³-hybridized carbons (Fsp3) is 0.250. The maximum atomic E-state index is 10.8. The Labute approximate surface area is 70.9 Å². The van der Waals surface area contributed by atoms with Gasteiger partial charge in [-0.25, -0.2) is 0 Å². The summed E-state index contributed by atoms with van der Waals surface area (Å²) in [5.41, 5.74) is 1.22. The van der Waals surface area contributed by atoms with Crippen LogP contribution < -0.4 is 11.2 Å². The van der Waals surface area contributed by atoms with E-state index in [9.17, 15) is 4.91 Å². The molecule has 1 rings (SSSR count). The zero-order valence-corrected chi connectivity index (χ0v) is 6.95. The fourth-order valence-corrected chi connectivity index (χ4v) is 1.01. The van der Waals surface area contributed by atoms with Gasteiger partial charge in [0.15, 0.2) is 4.87 Å². The van der Waals surface area contributed by atoms with Gasteiger partial charge in [-0.2, -0.15) is 5.84 Å². The fourth-order valence-electron chi connectivity index (χ4n) is 1.01. The molecule has 0 atom stereocenters. The Morgan fingerprint density at radius 3 is 2.75 bits per heavy atom. The van der Waals surface area contributed by atoms with Gasteiger partial charge >= 0.3 is 5.69 Å². The molecule has 0 aliphatic heterocycles. The van der Waals surface area contributed by atoms with Crippen LogP contribution in [-0.4, -0.2) is 11.4 Å². The lowest BCUT2D eigenvalue weighted by atomic mass is 10.2. The number of nitrogens with zero attached hydrogens (tertiary/aromatic N) is 1. The molecule has 0 aliphatic rings. The Kier molecular flexibility index (Phi) is 2.63. The maximum Gasteiger partial charge on any atom is 0.314 e. The van der Waals surface area contributed by atoms with Gasteiger partial charge in [-0.15, -0.1) is 0 Å². The first kappa shape index (κ1) is 8.52. The molecule has 3 N–H and O–H groups in total. The Bertz CT molecular complexity index is 285. The minimum absolute atomic E-state index is 0.359. The molecular weight excluding hydrogens is 154 g/mol. The molecule has 64 valence electrons. The Hall–Kier alpha value is -1.58. The highest BCUT2D eigenvalue weighted by atomic mass is 16.3. The molecule has 0 aliphatic carbocycles. The summed E-state index contributed by atoms with van der Waals surface area (Å²) in [6.45, 7) is 2.73. The third kappa shape index (κ3) is 1.72. The minimum atomic E-state index is 0.359. The molecule has 0 saturated heterocycles. The van der Waals surface area contributed by atoms with Crippen molar-refractivity contribution in [2.75, 3.05) is 11.9 Å². The molecule has 0 bridgehead atoms. The van der Waals surface area contributed by atoms with Crippen molar-refractivity contribution in [3.05, 3.63) is 29.2 Å². The van der Waals surface area contributed by atoms with Gasteiger partial charge in [-0.1, -0.05) is 12.1 Å². The molecule has 0 heterocycles. The second-order valence-electron chi connectivity index (χ2n) is 2.37. The highest BCUT2D eigenvalue weighted by molar-refractivity contribution is 5.60. The van der Waals surface area contributed by atoms with E-state index >= 15 is 0 Å². The van der Waals surface area contributed by atoms with Crippen molar-refractivity contribution in [3.8, 4) is 0 Å². The van der Waals surface area contributed by atoms with E-state index in [1.165, 1.54) is 0 Å². The van der Waals surface area contributed by atoms with E-state index < -0.39 is 0 Å². The van der Waals surface area contributed by atoms with Crippen molar-refractivity contribution < 1.29 is 4.87 Å². The molecule has 1 aromatic rings. The Balaban J connectivity index is 3.00. The molecule has 0 fully saturated rings. The highest BCUT2D eigenvalue weighted by Crippen LogP contribution is 2.21. The summed E-state index contributed by atoms with van der Waals surface area (Å²) < 4.78 is 0. The average molecular weight is 166 g/mol. The summed E-state index contributed by atoms with van der Waals surface area (Å²) in [4.78, 5) is 11.2. The van der Waals surface area contributed by atoms with E-state index in [1.54, 1.807) is 12.1 Å². The van der Waals surface area contributed by atoms with Crippen molar-refractivity contribution in [3.63, 3.8) is 0 Å². The van der Waals surface area contributed by atoms with E-state index in [0.29, 0.717) is 10.6 Å². The standard InChI is InChI=1S/C8H12N3O/c1-2-10-7-5-3-4-6-8(7)11(9)12/h3-6,10H,2H2,1H3,(H2,9,12)/q+1. The molecule has 0 spiro atoms. The van der Waals surface area contributed by atoms with Crippen LogP contribution in [0.3, 0.4) is 0 Å². The van der Waals surface area contributed by atoms with Gasteiger partial charge in [0.1, 0.15) is 5.69 Å². The largest absolute Gasteiger partial charge is 0.380 e. The zero-order chi connectivity index (χ0) is 8.97. The van der Waals surface area contributed by atoms with Gasteiger partial charge in [0.2, 0.25) is 0 Å². The lowest BCUT2D eigenvalue weighted by molar-refractivity contribution is -0.473. The minimum Gasteiger partial charge on any atom is -0.380 e. The lowest BCUT2D eigenvalue weighted by Crippen LogP contribution is -2.11. The molecule has 0 unspecified atom stereocenters. The number of rotatable bonds is 3. The Morgan fingerprint density at radius 2 is 2.17 bits per heavy atom. The van der Waals surface area contributed by atoms with Gasteiger partial charge in [-0.3, -0.25) is 0 Å². The number of benzene rings is 1. The summed E-state index contributed by atoms with van der Waals surface area (Å²) in [7, 11) is 0. The maximum absolute atomic E-state index is 10.8. The normalized spacial score (nSPS) is 9.42. The number of hydrazine groups is 1. The van der Waals surface area contributed by atoms with Gasteiger partial charge in [0.25, 0.3) is 0 Å². The smallest absolute Gasteiger partial charge is 0.314 e. The van der Waals surface area contributed by atoms with E-state index in [4.69, 9.17) is 5.84 Å². The third-order valence-electron chi connectivity index (χ3n) is 1.51. The summed E-state index contributed by atoms with van der Waals surface area (Å²) in [6, 6.07) is 7.11. The van der Waals surface area contributed by atoms with Crippen LogP contribution in [0.15, 0.2) is 24.3 Å². The van der Waals surface area contributed by atoms with Crippen molar-refractivity contribution in [2.24, 2.45) is 5.84 Å². The number of hydrogen-bond donors (Lipinski definition) is 2. The summed E-state index contributed by atoms with van der Waals surface area (Å²) in [5.74, 6) is 5.08. The molecule has 4 heteroatoms. The number of nitrogens with one attached hydrogen (secondary N) is 1. The van der Waals surface area contributed by atoms with Crippen LogP contribution in [0, 0.1) is 4.91 Å². The van der Waals surface area contributed by atoms with Crippen molar-refractivity contribution >= 4 is 11.4 Å². The third-order valence-corrected chi connectivity index (χ3v) is 1.51. The molecule has 0 amide bonds. The monoisotopic (exact) mass is 166 g/mol. The number of nitroso groups, excluding NO2 is 1. The number of hydrogen-bond acceptors (Lipinski definition) is 2. The molecule has 1 aromatic carbocycles. The number of para-hydroxylation sites is 2. The molecular formula is C8H12N3O+. The highest BCUT2D eigenvalue weighted by Gasteiger charge is 2.13. The van der Waals surface area contributed by atoms with E-state index in [0.717, 1.165) is 12.2 Å². The number of anilines is 1. The second kappa shape index (κ2) is 3.71. The van der Waals surface area contributed by atoms with E-state index in [-0.39, 0.29) is 0 Å². The van der Waals surface area contributed by atoms with Crippen LogP contribution >= 0.6 is 0 Å². The van der Waals surface area contributed by atoms with Crippen LogP contribution in [-0.2, 0) is 0 Å². The molecule has 0 saturated carbocycles. The quantitative estimate of drug-likeness (QED) is 0.405. The van der Waals surface area contributed by atoms with E-state index in [1.807, 2.05) is 19.1 Å². The second-order valence-corrected chi connectivity index (χ2v) is 2.37. The van der Waals surface area contributed by atoms with Crippen LogP contribution in [0.2, 0.25) is 0 Å². The first-order valence-electron chi connectivity index (χ1n) is 3.80. The van der Waals surface area contributed by atoms with Crippen molar-refractivity contribution in [2.45, 2.75) is 6.92 Å². The lowest BCUT2D eigenvalue weighted by Gasteiger charge is -2.00. The van der Waals surface area contributed by atoms with Crippen LogP contribution in [0.1, 0.15) is 6.92 Å². The Morgan fingerprint density at radius 1 is 1.50 bits per heavy atom. The van der Waals surface area contributed by atoms with Gasteiger partial charge < -0.3 is 5.32 Å². The average Bonchev–Trinajstić information content (AvgIpc) is 2.05. The van der Waals surface area contributed by atoms with Gasteiger partial charge in [-0.05, 0) is 13.0 Å². The summed E-state index contributed by atoms with van der Waals surface area (Å²) >= 11 is 0. The topological polar surface area (TPSA) is 58.1 Å². The van der Waals surface area contributed by atoms with E-state index in [2.05, 4.69) is 5.32 Å². The molecule has 0 aromatic heterocycles. The number of nitrogens with two attached hydrogens (primary N) is 1. The first-order chi connectivity index (χ1) is 5.75. The zero-order valence-electron chi connectivity index (χ0n) is 6.95. The van der Waals surface area contributed by atoms with Crippen LogP contribution in [0.25, 0.3) is 0 Å². The van der Waals surface area contributed by atoms with Crippen molar-refractivity contribution in [1.29, 1.82) is 0 Å². The molecule has 4 nitrogen and oxygen atoms in total.